The highest BCUT2D eigenvalue weighted by Gasteiger charge is 2.38. The summed E-state index contributed by atoms with van der Waals surface area (Å²) >= 11 is 0. The Balaban J connectivity index is 2.21. The van der Waals surface area contributed by atoms with E-state index in [0.717, 1.165) is 20.6 Å². The van der Waals surface area contributed by atoms with Crippen LogP contribution in [0.5, 0.6) is 5.75 Å². The van der Waals surface area contributed by atoms with Gasteiger partial charge in [0.05, 0.1) is 0 Å². The van der Waals surface area contributed by atoms with Gasteiger partial charge in [-0.1, -0.05) is 36.3 Å². The fourth-order valence-corrected chi connectivity index (χ4v) is 2.79. The van der Waals surface area contributed by atoms with E-state index in [-0.39, 0.29) is 12.2 Å². The van der Waals surface area contributed by atoms with Gasteiger partial charge in [0.1, 0.15) is 17.9 Å². The van der Waals surface area contributed by atoms with Gasteiger partial charge in [-0.3, -0.25) is 19.4 Å². The normalized spacial score (nSPS) is 14.7. The molecular weight excluding hydrogens is 332 g/mol. The second-order valence-corrected chi connectivity index (χ2v) is 5.76. The van der Waals surface area contributed by atoms with E-state index in [0.29, 0.717) is 11.3 Å². The van der Waals surface area contributed by atoms with Crippen molar-refractivity contribution in [3.05, 3.63) is 47.5 Å². The summed E-state index contributed by atoms with van der Waals surface area (Å²) in [6, 6.07) is 10.5. The van der Waals surface area contributed by atoms with Crippen LogP contribution in [0.15, 0.2) is 42.0 Å². The molecule has 0 unspecified atom stereocenters. The maximum atomic E-state index is 12.5. The van der Waals surface area contributed by atoms with E-state index in [1.807, 2.05) is 30.3 Å². The van der Waals surface area contributed by atoms with E-state index in [1.165, 1.54) is 20.2 Å². The molecule has 0 spiro atoms. The summed E-state index contributed by atoms with van der Waals surface area (Å²) in [5.41, 5.74) is 0.447. The van der Waals surface area contributed by atoms with Crippen LogP contribution in [0.4, 0.5) is 4.79 Å². The Morgan fingerprint density at radius 2 is 1.69 bits per heavy atom. The van der Waals surface area contributed by atoms with E-state index in [1.54, 1.807) is 6.07 Å². The van der Waals surface area contributed by atoms with Gasteiger partial charge in [-0.2, -0.15) is 0 Å². The van der Waals surface area contributed by atoms with Crippen molar-refractivity contribution in [3.8, 4) is 18.1 Å². The molecule has 1 aliphatic heterocycles. The van der Waals surface area contributed by atoms with Crippen LogP contribution < -0.4 is 4.74 Å². The quantitative estimate of drug-likeness (QED) is 0.485. The Morgan fingerprint density at radius 1 is 1.04 bits per heavy atom. The zero-order chi connectivity index (χ0) is 18.8. The first-order valence-electron chi connectivity index (χ1n) is 7.85. The van der Waals surface area contributed by atoms with Crippen molar-refractivity contribution < 1.29 is 19.1 Å². The van der Waals surface area contributed by atoms with Crippen LogP contribution in [0, 0.1) is 12.3 Å². The van der Waals surface area contributed by atoms with Crippen molar-refractivity contribution in [2.45, 2.75) is 0 Å². The minimum atomic E-state index is -0.668. The number of barbiturate groups is 1. The highest BCUT2D eigenvalue weighted by molar-refractivity contribution is 6.31. The molecule has 0 radical (unpaired) electrons. The van der Waals surface area contributed by atoms with Gasteiger partial charge in [-0.15, -0.1) is 6.42 Å². The lowest BCUT2D eigenvalue weighted by Crippen LogP contribution is -2.52. The molecule has 0 bridgehead atoms. The van der Waals surface area contributed by atoms with Gasteiger partial charge >= 0.3 is 6.03 Å². The van der Waals surface area contributed by atoms with E-state index in [2.05, 4.69) is 5.92 Å². The second kappa shape index (κ2) is 6.73. The molecule has 0 aliphatic carbocycles. The van der Waals surface area contributed by atoms with Crippen molar-refractivity contribution in [1.82, 2.24) is 9.80 Å². The summed E-state index contributed by atoms with van der Waals surface area (Å²) in [5.74, 6) is 1.53. The molecular formula is C20H16N2O4. The van der Waals surface area contributed by atoms with Gasteiger partial charge < -0.3 is 4.74 Å². The minimum Gasteiger partial charge on any atom is -0.480 e. The predicted molar refractivity (Wildman–Crippen MR) is 97.2 cm³/mol. The Bertz CT molecular complexity index is 975. The monoisotopic (exact) mass is 348 g/mol. The lowest BCUT2D eigenvalue weighted by atomic mass is 9.99. The number of urea groups is 1. The van der Waals surface area contributed by atoms with E-state index in [9.17, 15) is 14.4 Å². The van der Waals surface area contributed by atoms with E-state index in [4.69, 9.17) is 11.2 Å². The maximum Gasteiger partial charge on any atom is 0.333 e. The Morgan fingerprint density at radius 3 is 2.35 bits per heavy atom. The van der Waals surface area contributed by atoms with Crippen molar-refractivity contribution in [2.75, 3.05) is 20.7 Å². The number of hydrogen-bond acceptors (Lipinski definition) is 4. The fourth-order valence-electron chi connectivity index (χ4n) is 2.79. The number of likely N-dealkylation sites (N-methyl/N-ethyl adjacent to an activating group) is 2. The van der Waals surface area contributed by atoms with Crippen molar-refractivity contribution in [3.63, 3.8) is 0 Å². The van der Waals surface area contributed by atoms with Crippen molar-refractivity contribution in [1.29, 1.82) is 0 Å². The number of rotatable bonds is 3. The minimum absolute atomic E-state index is 0.0503. The number of amides is 4. The average molecular weight is 348 g/mol. The lowest BCUT2D eigenvalue weighted by molar-refractivity contribution is -0.134. The zero-order valence-corrected chi connectivity index (χ0v) is 14.4. The van der Waals surface area contributed by atoms with Crippen LogP contribution in [0.3, 0.4) is 0 Å². The highest BCUT2D eigenvalue weighted by atomic mass is 16.5. The largest absolute Gasteiger partial charge is 0.480 e. The molecule has 1 heterocycles. The lowest BCUT2D eigenvalue weighted by Gasteiger charge is -2.29. The summed E-state index contributed by atoms with van der Waals surface area (Å²) in [4.78, 5) is 38.7. The molecule has 3 rings (SSSR count). The molecule has 6 heteroatoms. The zero-order valence-electron chi connectivity index (χ0n) is 14.4. The van der Waals surface area contributed by atoms with Gasteiger partial charge in [0, 0.05) is 19.7 Å². The third-order valence-electron chi connectivity index (χ3n) is 4.17. The molecule has 6 nitrogen and oxygen atoms in total. The second-order valence-electron chi connectivity index (χ2n) is 5.76. The number of hydrogen-bond donors (Lipinski definition) is 0. The average Bonchev–Trinajstić information content (AvgIpc) is 2.67. The number of nitrogens with zero attached hydrogens (tertiary/aromatic N) is 2. The summed E-state index contributed by atoms with van der Waals surface area (Å²) in [6.45, 7) is 0.0503. The first-order chi connectivity index (χ1) is 12.5. The van der Waals surface area contributed by atoms with E-state index < -0.39 is 17.8 Å². The van der Waals surface area contributed by atoms with Crippen LogP contribution >= 0.6 is 0 Å². The van der Waals surface area contributed by atoms with Gasteiger partial charge in [0.25, 0.3) is 11.8 Å². The predicted octanol–water partition coefficient (Wildman–Crippen LogP) is 2.29. The summed E-state index contributed by atoms with van der Waals surface area (Å²) in [5, 5.41) is 1.72. The molecule has 0 atom stereocenters. The standard InChI is InChI=1S/C20H16N2O4/c1-4-11-26-17-10-9-13-7-5-6-8-14(13)15(17)12-16-18(23)21(2)20(25)22(3)19(16)24/h1,5-10,12H,11H2,2-3H3. The number of benzene rings is 2. The molecule has 4 amide bonds. The van der Waals surface area contributed by atoms with E-state index >= 15 is 0 Å². The highest BCUT2D eigenvalue weighted by Crippen LogP contribution is 2.31. The number of carbonyl (C=O) groups is 3. The molecule has 2 aromatic carbocycles. The molecule has 1 saturated heterocycles. The fraction of sp³-hybridized carbons (Fsp3) is 0.150. The van der Waals surface area contributed by atoms with Gasteiger partial charge in [0.2, 0.25) is 0 Å². The van der Waals surface area contributed by atoms with Gasteiger partial charge in [-0.25, -0.2) is 4.79 Å². The maximum absolute atomic E-state index is 12.5. The summed E-state index contributed by atoms with van der Waals surface area (Å²) < 4.78 is 5.58. The molecule has 1 fully saturated rings. The van der Waals surface area contributed by atoms with Crippen LogP contribution in [-0.2, 0) is 9.59 Å². The number of ether oxygens (including phenoxy) is 1. The Kier molecular flexibility index (Phi) is 4.46. The molecule has 2 aromatic rings. The summed E-state index contributed by atoms with van der Waals surface area (Å²) in [7, 11) is 2.67. The molecule has 26 heavy (non-hydrogen) atoms. The molecule has 0 N–H and O–H groups in total. The Hall–Kier alpha value is -3.59. The van der Waals surface area contributed by atoms with Crippen LogP contribution in [0.1, 0.15) is 5.56 Å². The Labute approximate surface area is 150 Å². The number of imide groups is 2. The summed E-state index contributed by atoms with van der Waals surface area (Å²) in [6.07, 6.45) is 6.73. The third-order valence-corrected chi connectivity index (χ3v) is 4.17. The number of carbonyl (C=O) groups excluding carboxylic acids is 3. The van der Waals surface area contributed by atoms with Crippen LogP contribution in [0.25, 0.3) is 16.8 Å². The molecule has 130 valence electrons. The molecule has 0 saturated carbocycles. The first-order valence-corrected chi connectivity index (χ1v) is 7.85. The molecule has 1 aliphatic rings. The number of terminal acetylenes is 1. The number of fused-ring (bicyclic) bond motifs is 1. The molecule has 0 aromatic heterocycles. The van der Waals surface area contributed by atoms with Crippen LogP contribution in [-0.4, -0.2) is 48.3 Å². The van der Waals surface area contributed by atoms with Crippen molar-refractivity contribution >= 4 is 34.7 Å². The van der Waals surface area contributed by atoms with Gasteiger partial charge in [0.15, 0.2) is 0 Å². The topological polar surface area (TPSA) is 66.9 Å². The van der Waals surface area contributed by atoms with Crippen LogP contribution in [0.2, 0.25) is 0 Å². The third kappa shape index (κ3) is 2.80. The SMILES string of the molecule is C#CCOc1ccc2ccccc2c1C=C1C(=O)N(C)C(=O)N(C)C1=O. The smallest absolute Gasteiger partial charge is 0.333 e. The van der Waals surface area contributed by atoms with Gasteiger partial charge in [-0.05, 0) is 22.9 Å². The van der Waals surface area contributed by atoms with Crippen molar-refractivity contribution in [2.24, 2.45) is 0 Å². The first kappa shape index (κ1) is 17.2.